The van der Waals surface area contributed by atoms with Crippen LogP contribution in [0.5, 0.6) is 23.0 Å². The number of methoxy groups -OCH3 is 2. The Morgan fingerprint density at radius 1 is 0.917 bits per heavy atom. The van der Waals surface area contributed by atoms with Gasteiger partial charge in [0.1, 0.15) is 0 Å². The number of anilines is 1. The van der Waals surface area contributed by atoms with Gasteiger partial charge in [-0.25, -0.2) is 9.78 Å². The molecule has 0 spiro atoms. The molecule has 36 heavy (non-hydrogen) atoms. The van der Waals surface area contributed by atoms with Crippen molar-refractivity contribution in [2.45, 2.75) is 0 Å². The van der Waals surface area contributed by atoms with Crippen LogP contribution in [0.1, 0.15) is 10.4 Å². The van der Waals surface area contributed by atoms with Crippen LogP contribution in [-0.4, -0.2) is 44.5 Å². The fourth-order valence-corrected chi connectivity index (χ4v) is 3.87. The van der Waals surface area contributed by atoms with Gasteiger partial charge in [-0.05, 0) is 42.5 Å². The molecule has 182 valence electrons. The molecule has 0 radical (unpaired) electrons. The molecule has 0 saturated heterocycles. The maximum absolute atomic E-state index is 13.1. The van der Waals surface area contributed by atoms with Gasteiger partial charge in [0.05, 0.1) is 31.0 Å². The SMILES string of the molecule is COc1ccc(-c2cc(C(=O)OCC(=O)Nc3ccc4c(c3)OCO4)c3ccccc3n2)cc1OC. The maximum Gasteiger partial charge on any atom is 0.339 e. The van der Waals surface area contributed by atoms with Crippen LogP contribution in [0.2, 0.25) is 0 Å². The maximum atomic E-state index is 13.1. The Balaban J connectivity index is 1.37. The van der Waals surface area contributed by atoms with Crippen LogP contribution < -0.4 is 24.3 Å². The Morgan fingerprint density at radius 3 is 2.56 bits per heavy atom. The monoisotopic (exact) mass is 486 g/mol. The number of aromatic nitrogens is 1. The van der Waals surface area contributed by atoms with Gasteiger partial charge in [-0.1, -0.05) is 18.2 Å². The average Bonchev–Trinajstić information content (AvgIpc) is 3.38. The van der Waals surface area contributed by atoms with Crippen molar-refractivity contribution in [2.24, 2.45) is 0 Å². The van der Waals surface area contributed by atoms with Crippen molar-refractivity contribution in [3.8, 4) is 34.3 Å². The van der Waals surface area contributed by atoms with Crippen molar-refractivity contribution in [2.75, 3.05) is 32.9 Å². The Kier molecular flexibility index (Phi) is 6.27. The van der Waals surface area contributed by atoms with Gasteiger partial charge in [0.25, 0.3) is 5.91 Å². The fourth-order valence-electron chi connectivity index (χ4n) is 3.87. The number of nitrogens with one attached hydrogen (secondary N) is 1. The summed E-state index contributed by atoms with van der Waals surface area (Å²) < 4.78 is 26.6. The number of fused-ring (bicyclic) bond motifs is 2. The minimum absolute atomic E-state index is 0.134. The zero-order chi connectivity index (χ0) is 25.1. The van der Waals surface area contributed by atoms with Crippen LogP contribution in [0.25, 0.3) is 22.2 Å². The molecule has 1 aromatic heterocycles. The number of para-hydroxylation sites is 1. The number of pyridine rings is 1. The van der Waals surface area contributed by atoms with Crippen molar-refractivity contribution in [1.82, 2.24) is 4.98 Å². The number of carbonyl (C=O) groups excluding carboxylic acids is 2. The molecule has 5 rings (SSSR count). The lowest BCUT2D eigenvalue weighted by Crippen LogP contribution is -2.21. The number of esters is 1. The lowest BCUT2D eigenvalue weighted by Gasteiger charge is -2.12. The summed E-state index contributed by atoms with van der Waals surface area (Å²) in [6.07, 6.45) is 0. The first kappa shape index (κ1) is 23.0. The Hall–Kier alpha value is -4.79. The molecule has 9 nitrogen and oxygen atoms in total. The molecule has 1 aliphatic heterocycles. The van der Waals surface area contributed by atoms with Crippen LogP contribution in [-0.2, 0) is 9.53 Å². The molecular weight excluding hydrogens is 464 g/mol. The van der Waals surface area contributed by atoms with Crippen molar-refractivity contribution in [3.63, 3.8) is 0 Å². The van der Waals surface area contributed by atoms with E-state index in [0.717, 1.165) is 5.56 Å². The Labute approximate surface area is 206 Å². The van der Waals surface area contributed by atoms with Crippen LogP contribution in [0.15, 0.2) is 66.7 Å². The third-order valence-corrected chi connectivity index (χ3v) is 5.61. The first-order chi connectivity index (χ1) is 17.6. The summed E-state index contributed by atoms with van der Waals surface area (Å²) in [6.45, 7) is -0.328. The second-order valence-corrected chi connectivity index (χ2v) is 7.83. The standard InChI is InChI=1S/C27H22N2O7/c1-32-22-9-7-16(11-24(22)33-2)21-13-19(18-5-3-4-6-20(18)29-21)27(31)34-14-26(30)28-17-8-10-23-25(12-17)36-15-35-23/h3-13H,14-15H2,1-2H3,(H,28,30). The van der Waals surface area contributed by atoms with Gasteiger partial charge in [0.2, 0.25) is 6.79 Å². The van der Waals surface area contributed by atoms with E-state index >= 15 is 0 Å². The minimum atomic E-state index is -0.642. The highest BCUT2D eigenvalue weighted by molar-refractivity contribution is 6.05. The molecule has 1 aliphatic rings. The zero-order valence-electron chi connectivity index (χ0n) is 19.6. The van der Waals surface area contributed by atoms with Gasteiger partial charge in [-0.2, -0.15) is 0 Å². The van der Waals surface area contributed by atoms with E-state index in [1.54, 1.807) is 56.7 Å². The van der Waals surface area contributed by atoms with Crippen LogP contribution >= 0.6 is 0 Å². The van der Waals surface area contributed by atoms with Crippen LogP contribution in [0.3, 0.4) is 0 Å². The van der Waals surface area contributed by atoms with Crippen LogP contribution in [0, 0.1) is 0 Å². The molecule has 1 N–H and O–H groups in total. The minimum Gasteiger partial charge on any atom is -0.493 e. The average molecular weight is 486 g/mol. The summed E-state index contributed by atoms with van der Waals surface area (Å²) >= 11 is 0. The third kappa shape index (κ3) is 4.58. The summed E-state index contributed by atoms with van der Waals surface area (Å²) in [7, 11) is 3.11. The molecule has 9 heteroatoms. The van der Waals surface area contributed by atoms with Gasteiger partial charge in [0.15, 0.2) is 29.6 Å². The van der Waals surface area contributed by atoms with Crippen molar-refractivity contribution < 1.29 is 33.3 Å². The summed E-state index contributed by atoms with van der Waals surface area (Å²) in [5.74, 6) is 1.13. The number of carbonyl (C=O) groups is 2. The smallest absolute Gasteiger partial charge is 0.339 e. The van der Waals surface area contributed by atoms with Gasteiger partial charge in [-0.15, -0.1) is 0 Å². The van der Waals surface area contributed by atoms with Gasteiger partial charge in [0, 0.05) is 22.7 Å². The summed E-state index contributed by atoms with van der Waals surface area (Å²) in [5.41, 5.74) is 2.69. The number of amides is 1. The summed E-state index contributed by atoms with van der Waals surface area (Å²) in [4.78, 5) is 30.2. The number of hydrogen-bond donors (Lipinski definition) is 1. The highest BCUT2D eigenvalue weighted by atomic mass is 16.7. The van der Waals surface area contributed by atoms with Crippen LogP contribution in [0.4, 0.5) is 5.69 Å². The number of benzene rings is 3. The van der Waals surface area contributed by atoms with E-state index in [9.17, 15) is 9.59 Å². The Morgan fingerprint density at radius 2 is 1.72 bits per heavy atom. The van der Waals surface area contributed by atoms with Gasteiger partial charge in [-0.3, -0.25) is 4.79 Å². The summed E-state index contributed by atoms with van der Waals surface area (Å²) in [6, 6.07) is 19.3. The number of ether oxygens (including phenoxy) is 5. The largest absolute Gasteiger partial charge is 0.493 e. The second-order valence-electron chi connectivity index (χ2n) is 7.83. The van der Waals surface area contributed by atoms with Crippen molar-refractivity contribution >= 4 is 28.5 Å². The normalized spacial score (nSPS) is 11.7. The molecule has 2 heterocycles. The highest BCUT2D eigenvalue weighted by Crippen LogP contribution is 2.35. The highest BCUT2D eigenvalue weighted by Gasteiger charge is 2.18. The quantitative estimate of drug-likeness (QED) is 0.382. The molecule has 0 aliphatic carbocycles. The topological polar surface area (TPSA) is 105 Å². The predicted octanol–water partition coefficient (Wildman–Crippen LogP) is 4.44. The first-order valence-electron chi connectivity index (χ1n) is 11.0. The number of hydrogen-bond acceptors (Lipinski definition) is 8. The van der Waals surface area contributed by atoms with E-state index in [1.165, 1.54) is 0 Å². The molecule has 1 amide bonds. The molecule has 0 atom stereocenters. The number of rotatable bonds is 7. The van der Waals surface area contributed by atoms with E-state index in [4.69, 9.17) is 28.7 Å². The van der Waals surface area contributed by atoms with Crippen molar-refractivity contribution in [1.29, 1.82) is 0 Å². The summed E-state index contributed by atoms with van der Waals surface area (Å²) in [5, 5.41) is 3.30. The fraction of sp³-hybridized carbons (Fsp3) is 0.148. The van der Waals surface area contributed by atoms with E-state index < -0.39 is 18.5 Å². The molecule has 0 unspecified atom stereocenters. The molecule has 4 aromatic rings. The van der Waals surface area contributed by atoms with E-state index in [1.807, 2.05) is 24.3 Å². The molecular formula is C27H22N2O7. The molecule has 0 fully saturated rings. The lowest BCUT2D eigenvalue weighted by atomic mass is 10.0. The zero-order valence-corrected chi connectivity index (χ0v) is 19.6. The number of nitrogens with zero attached hydrogens (tertiary/aromatic N) is 1. The van der Waals surface area contributed by atoms with E-state index in [2.05, 4.69) is 5.32 Å². The lowest BCUT2D eigenvalue weighted by molar-refractivity contribution is -0.119. The molecule has 0 saturated carbocycles. The van der Waals surface area contributed by atoms with E-state index in [-0.39, 0.29) is 6.79 Å². The molecule has 0 bridgehead atoms. The predicted molar refractivity (Wildman–Crippen MR) is 132 cm³/mol. The Bertz CT molecular complexity index is 1470. The first-order valence-corrected chi connectivity index (χ1v) is 11.0. The molecule has 3 aromatic carbocycles. The van der Waals surface area contributed by atoms with E-state index in [0.29, 0.717) is 50.8 Å². The third-order valence-electron chi connectivity index (χ3n) is 5.61. The van der Waals surface area contributed by atoms with Crippen molar-refractivity contribution in [3.05, 3.63) is 72.3 Å². The van der Waals surface area contributed by atoms with Gasteiger partial charge >= 0.3 is 5.97 Å². The van der Waals surface area contributed by atoms with Gasteiger partial charge < -0.3 is 29.0 Å². The second kappa shape index (κ2) is 9.83.